The van der Waals surface area contributed by atoms with E-state index in [0.29, 0.717) is 29.7 Å². The van der Waals surface area contributed by atoms with Crippen LogP contribution in [0.1, 0.15) is 41.6 Å². The number of ether oxygens (including phenoxy) is 1. The van der Waals surface area contributed by atoms with Gasteiger partial charge in [-0.3, -0.25) is 9.48 Å². The van der Waals surface area contributed by atoms with Crippen LogP contribution in [0.2, 0.25) is 0 Å². The van der Waals surface area contributed by atoms with Crippen LogP contribution in [0, 0.1) is 11.8 Å². The fourth-order valence-corrected chi connectivity index (χ4v) is 7.36. The van der Waals surface area contributed by atoms with Crippen molar-refractivity contribution in [2.45, 2.75) is 57.3 Å². The van der Waals surface area contributed by atoms with E-state index in [9.17, 15) is 4.79 Å². The van der Waals surface area contributed by atoms with Gasteiger partial charge < -0.3 is 24.5 Å². The van der Waals surface area contributed by atoms with Gasteiger partial charge in [-0.05, 0) is 73.8 Å². The number of carbonyl (C=O) groups is 1. The monoisotopic (exact) mass is 563 g/mol. The van der Waals surface area contributed by atoms with E-state index in [-0.39, 0.29) is 18.0 Å². The maximum Gasteiger partial charge on any atom is 0.254 e. The molecule has 3 atom stereocenters. The predicted molar refractivity (Wildman–Crippen MR) is 162 cm³/mol. The Morgan fingerprint density at radius 3 is 2.67 bits per heavy atom. The zero-order valence-electron chi connectivity index (χ0n) is 24.2. The van der Waals surface area contributed by atoms with Crippen molar-refractivity contribution >= 4 is 27.8 Å². The third-order valence-electron chi connectivity index (χ3n) is 9.75. The van der Waals surface area contributed by atoms with Crippen molar-refractivity contribution in [3.8, 4) is 17.3 Å². The Balaban J connectivity index is 1.28. The molecule has 4 heterocycles. The van der Waals surface area contributed by atoms with Crippen molar-refractivity contribution in [2.24, 2.45) is 24.6 Å². The molecule has 42 heavy (non-hydrogen) atoms. The van der Waals surface area contributed by atoms with E-state index in [4.69, 9.17) is 15.5 Å². The molecule has 0 spiro atoms. The number of methoxy groups -OCH3 is 1. The van der Waals surface area contributed by atoms with E-state index in [1.54, 1.807) is 7.11 Å². The number of benzene rings is 2. The minimum absolute atomic E-state index is 0.0205. The molecule has 3 fully saturated rings. The summed E-state index contributed by atoms with van der Waals surface area (Å²) in [5.74, 6) is 2.69. The molecule has 2 aliphatic carbocycles. The summed E-state index contributed by atoms with van der Waals surface area (Å²) in [6, 6.07) is 14.9. The Morgan fingerprint density at radius 2 is 1.95 bits per heavy atom. The van der Waals surface area contributed by atoms with Gasteiger partial charge in [0.15, 0.2) is 5.82 Å². The average molecular weight is 564 g/mol. The van der Waals surface area contributed by atoms with Gasteiger partial charge in [0.25, 0.3) is 5.91 Å². The molecule has 9 heteroatoms. The van der Waals surface area contributed by atoms with Crippen LogP contribution in [0.3, 0.4) is 0 Å². The average Bonchev–Trinajstić information content (AvgIpc) is 3.27. The fourth-order valence-electron chi connectivity index (χ4n) is 7.36. The van der Waals surface area contributed by atoms with Crippen LogP contribution >= 0.6 is 0 Å². The van der Waals surface area contributed by atoms with Gasteiger partial charge in [-0.1, -0.05) is 18.2 Å². The highest BCUT2D eigenvalue weighted by atomic mass is 16.5. The van der Waals surface area contributed by atoms with Crippen molar-refractivity contribution in [1.29, 1.82) is 0 Å². The Kier molecular flexibility index (Phi) is 5.93. The highest BCUT2D eigenvalue weighted by Gasteiger charge is 2.47. The van der Waals surface area contributed by atoms with Crippen LogP contribution in [0.4, 0.5) is 0 Å². The second-order valence-electron chi connectivity index (χ2n) is 12.5. The first-order valence-electron chi connectivity index (χ1n) is 15.2. The number of rotatable bonds is 8. The van der Waals surface area contributed by atoms with Crippen molar-refractivity contribution in [2.75, 3.05) is 13.7 Å². The summed E-state index contributed by atoms with van der Waals surface area (Å²) in [5, 5.41) is 5.59. The number of aryl methyl sites for hydroxylation is 3. The van der Waals surface area contributed by atoms with Crippen molar-refractivity contribution in [3.63, 3.8) is 0 Å². The summed E-state index contributed by atoms with van der Waals surface area (Å²) in [4.78, 5) is 21.1. The van der Waals surface area contributed by atoms with Crippen LogP contribution < -0.4 is 10.5 Å². The minimum atomic E-state index is 0.0205. The van der Waals surface area contributed by atoms with E-state index in [1.165, 1.54) is 23.7 Å². The summed E-state index contributed by atoms with van der Waals surface area (Å²) in [5.41, 5.74) is 12.2. The molecule has 1 aliphatic heterocycles. The first-order valence-corrected chi connectivity index (χ1v) is 15.2. The fraction of sp³-hybridized carbons (Fsp3) is 0.424. The molecule has 8 rings (SSSR count). The maximum atomic E-state index is 13.8. The van der Waals surface area contributed by atoms with Crippen LogP contribution in [0.5, 0.6) is 5.75 Å². The predicted octanol–water partition coefficient (Wildman–Crippen LogP) is 4.61. The molecule has 2 N–H and O–H groups in total. The lowest BCUT2D eigenvalue weighted by atomic mass is 10.1. The molecule has 2 bridgehead atoms. The number of fused-ring (bicyclic) bond motifs is 4. The van der Waals surface area contributed by atoms with E-state index in [0.717, 1.165) is 60.5 Å². The number of hydrogen-bond donors (Lipinski definition) is 1. The van der Waals surface area contributed by atoms with E-state index >= 15 is 0 Å². The van der Waals surface area contributed by atoms with Gasteiger partial charge in [0.1, 0.15) is 11.3 Å². The first-order chi connectivity index (χ1) is 20.5. The third kappa shape index (κ3) is 4.13. The number of para-hydroxylation sites is 1. The van der Waals surface area contributed by atoms with E-state index < -0.39 is 0 Å². The molecule has 2 aromatic carbocycles. The minimum Gasteiger partial charge on any atom is -0.494 e. The smallest absolute Gasteiger partial charge is 0.254 e. The van der Waals surface area contributed by atoms with Crippen LogP contribution in [0.25, 0.3) is 33.5 Å². The second kappa shape index (κ2) is 9.73. The molecule has 0 radical (unpaired) electrons. The standard InChI is InChI=1S/C33H37N7O2/c1-37-17-21(16-35-37)11-12-38-31-25(13-24(15-29(31)42-2)33(41)40-19-23-9-10-27(40)30(23)34)36-32(38)28-14-22-5-3-4-6-26(22)39(28)18-20-7-8-20/h3-6,13-17,20,23,27,30H,7-12,18-19,34H2,1-2H3/t23?,27?,30-/m1/s1. The van der Waals surface area contributed by atoms with Crippen molar-refractivity contribution in [3.05, 3.63) is 66.0 Å². The Morgan fingerprint density at radius 1 is 1.10 bits per heavy atom. The zero-order chi connectivity index (χ0) is 28.5. The topological polar surface area (TPSA) is 96.1 Å². The molecule has 3 aliphatic rings. The number of amides is 1. The SMILES string of the molecule is COc1cc(C(=O)N2CC3CCC2[C@@H]3N)cc2nc(-c3cc4ccccc4n3CC3CC3)n(CCc3cnn(C)c3)c12. The van der Waals surface area contributed by atoms with Gasteiger partial charge >= 0.3 is 0 Å². The zero-order valence-corrected chi connectivity index (χ0v) is 24.2. The number of likely N-dealkylation sites (tertiary alicyclic amines) is 1. The summed E-state index contributed by atoms with van der Waals surface area (Å²) < 4.78 is 12.6. The Hall–Kier alpha value is -4.11. The van der Waals surface area contributed by atoms with Crippen molar-refractivity contribution < 1.29 is 9.53 Å². The third-order valence-corrected chi connectivity index (χ3v) is 9.75. The largest absolute Gasteiger partial charge is 0.494 e. The molecular formula is C33H37N7O2. The number of aromatic nitrogens is 5. The Labute approximate surface area is 244 Å². The number of imidazole rings is 1. The van der Waals surface area contributed by atoms with Crippen LogP contribution in [-0.4, -0.2) is 60.4 Å². The second-order valence-corrected chi connectivity index (χ2v) is 12.5. The number of carbonyl (C=O) groups excluding carboxylic acids is 1. The lowest BCUT2D eigenvalue weighted by molar-refractivity contribution is 0.0700. The lowest BCUT2D eigenvalue weighted by Gasteiger charge is -2.27. The van der Waals surface area contributed by atoms with Crippen molar-refractivity contribution in [1.82, 2.24) is 28.8 Å². The summed E-state index contributed by atoms with van der Waals surface area (Å²) in [6.07, 6.45) is 9.41. The van der Waals surface area contributed by atoms with Gasteiger partial charge in [0.2, 0.25) is 0 Å². The number of nitrogens with zero attached hydrogens (tertiary/aromatic N) is 6. The highest BCUT2D eigenvalue weighted by Crippen LogP contribution is 2.40. The number of hydrogen-bond acceptors (Lipinski definition) is 5. The van der Waals surface area contributed by atoms with Gasteiger partial charge in [-0.15, -0.1) is 0 Å². The molecule has 2 unspecified atom stereocenters. The van der Waals surface area contributed by atoms with E-state index in [1.807, 2.05) is 35.0 Å². The lowest BCUT2D eigenvalue weighted by Crippen LogP contribution is -2.41. The molecule has 216 valence electrons. The normalized spacial score (nSPS) is 21.7. The highest BCUT2D eigenvalue weighted by molar-refractivity contribution is 6.00. The maximum absolute atomic E-state index is 13.8. The summed E-state index contributed by atoms with van der Waals surface area (Å²) in [7, 11) is 3.62. The van der Waals surface area contributed by atoms with Gasteiger partial charge in [0, 0.05) is 61.4 Å². The molecule has 2 saturated carbocycles. The summed E-state index contributed by atoms with van der Waals surface area (Å²) in [6.45, 7) is 2.42. The molecule has 5 aromatic rings. The van der Waals surface area contributed by atoms with Crippen LogP contribution in [-0.2, 0) is 26.6 Å². The molecule has 9 nitrogen and oxygen atoms in total. The number of piperidine rings is 1. The quantitative estimate of drug-likeness (QED) is 0.297. The molecule has 1 saturated heterocycles. The number of nitrogens with two attached hydrogens (primary N) is 1. The first kappa shape index (κ1) is 25.6. The molecule has 1 amide bonds. The van der Waals surface area contributed by atoms with Gasteiger partial charge in [0.05, 0.1) is 24.5 Å². The van der Waals surface area contributed by atoms with Crippen LogP contribution in [0.15, 0.2) is 54.9 Å². The van der Waals surface area contributed by atoms with Gasteiger partial charge in [-0.25, -0.2) is 4.98 Å². The molecule has 3 aromatic heterocycles. The summed E-state index contributed by atoms with van der Waals surface area (Å²) >= 11 is 0. The Bertz CT molecular complexity index is 1830. The van der Waals surface area contributed by atoms with Gasteiger partial charge in [-0.2, -0.15) is 5.10 Å². The molecular weight excluding hydrogens is 526 g/mol. The van der Waals surface area contributed by atoms with E-state index in [2.05, 4.69) is 50.8 Å².